The minimum atomic E-state index is -1.08. The molecular formula is C16H19NO4S. The Kier molecular flexibility index (Phi) is 4.42. The van der Waals surface area contributed by atoms with E-state index in [9.17, 15) is 14.7 Å². The third-order valence-corrected chi connectivity index (χ3v) is 4.01. The molecule has 0 saturated carbocycles. The number of aliphatic carboxylic acids is 1. The maximum absolute atomic E-state index is 12.5. The molecule has 6 heteroatoms. The Labute approximate surface area is 133 Å². The normalized spacial score (nSPS) is 12.9. The molecule has 0 aliphatic rings. The maximum atomic E-state index is 12.5. The lowest BCUT2D eigenvalue weighted by atomic mass is 10.2. The van der Waals surface area contributed by atoms with Crippen molar-refractivity contribution in [1.82, 2.24) is 0 Å². The molecular weight excluding hydrogens is 302 g/mol. The van der Waals surface area contributed by atoms with E-state index in [0.29, 0.717) is 5.69 Å². The van der Waals surface area contributed by atoms with Gasteiger partial charge in [0.1, 0.15) is 11.6 Å². The highest BCUT2D eigenvalue weighted by molar-refractivity contribution is 7.17. The first kappa shape index (κ1) is 16.3. The van der Waals surface area contributed by atoms with Crippen molar-refractivity contribution in [3.63, 3.8) is 0 Å². The van der Waals surface area contributed by atoms with Crippen molar-refractivity contribution in [3.8, 4) is 0 Å². The molecule has 1 N–H and O–H groups in total. The SMILES string of the molecule is CC(C(=O)O)N(C(=O)OC(C)(C)C)c1csc2ccccc12. The summed E-state index contributed by atoms with van der Waals surface area (Å²) >= 11 is 1.46. The number of fused-ring (bicyclic) bond motifs is 1. The van der Waals surface area contributed by atoms with Crippen LogP contribution in [0.3, 0.4) is 0 Å². The van der Waals surface area contributed by atoms with Crippen LogP contribution in [0.2, 0.25) is 0 Å². The number of ether oxygens (including phenoxy) is 1. The Morgan fingerprint density at radius 3 is 2.50 bits per heavy atom. The van der Waals surface area contributed by atoms with E-state index in [4.69, 9.17) is 4.74 Å². The Balaban J connectivity index is 2.49. The third-order valence-electron chi connectivity index (χ3n) is 3.05. The second kappa shape index (κ2) is 5.96. The largest absolute Gasteiger partial charge is 0.480 e. The summed E-state index contributed by atoms with van der Waals surface area (Å²) in [7, 11) is 0. The van der Waals surface area contributed by atoms with E-state index in [1.54, 1.807) is 26.2 Å². The first-order valence-corrected chi connectivity index (χ1v) is 7.80. The maximum Gasteiger partial charge on any atom is 0.415 e. The molecule has 118 valence electrons. The van der Waals surface area contributed by atoms with Gasteiger partial charge < -0.3 is 9.84 Å². The molecule has 0 radical (unpaired) electrons. The number of hydrogen-bond donors (Lipinski definition) is 1. The van der Waals surface area contributed by atoms with Gasteiger partial charge in [-0.15, -0.1) is 11.3 Å². The lowest BCUT2D eigenvalue weighted by Gasteiger charge is -2.29. The molecule has 0 aliphatic carbocycles. The van der Waals surface area contributed by atoms with Gasteiger partial charge in [0.2, 0.25) is 0 Å². The Morgan fingerprint density at radius 1 is 1.27 bits per heavy atom. The number of amides is 1. The van der Waals surface area contributed by atoms with Crippen molar-refractivity contribution >= 4 is 39.2 Å². The zero-order valence-corrected chi connectivity index (χ0v) is 13.8. The van der Waals surface area contributed by atoms with Crippen LogP contribution in [-0.2, 0) is 9.53 Å². The van der Waals surface area contributed by atoms with Gasteiger partial charge in [0.25, 0.3) is 0 Å². The molecule has 5 nitrogen and oxygen atoms in total. The van der Waals surface area contributed by atoms with Crippen molar-refractivity contribution in [2.45, 2.75) is 39.3 Å². The third kappa shape index (κ3) is 3.39. The summed E-state index contributed by atoms with van der Waals surface area (Å²) in [4.78, 5) is 25.1. The Bertz CT molecular complexity index is 701. The monoisotopic (exact) mass is 321 g/mol. The lowest BCUT2D eigenvalue weighted by Crippen LogP contribution is -2.45. The minimum Gasteiger partial charge on any atom is -0.480 e. The van der Waals surface area contributed by atoms with Gasteiger partial charge in [-0.05, 0) is 33.8 Å². The number of benzene rings is 1. The van der Waals surface area contributed by atoms with Crippen LogP contribution in [0.5, 0.6) is 0 Å². The van der Waals surface area contributed by atoms with Gasteiger partial charge in [-0.25, -0.2) is 9.59 Å². The van der Waals surface area contributed by atoms with Gasteiger partial charge in [0.05, 0.1) is 5.69 Å². The fourth-order valence-electron chi connectivity index (χ4n) is 2.04. The molecule has 1 heterocycles. The highest BCUT2D eigenvalue weighted by Gasteiger charge is 2.32. The quantitative estimate of drug-likeness (QED) is 0.923. The van der Waals surface area contributed by atoms with Gasteiger partial charge in [-0.3, -0.25) is 4.90 Å². The van der Waals surface area contributed by atoms with Gasteiger partial charge in [-0.2, -0.15) is 0 Å². The van der Waals surface area contributed by atoms with Gasteiger partial charge in [0, 0.05) is 15.5 Å². The molecule has 1 aromatic heterocycles. The lowest BCUT2D eigenvalue weighted by molar-refractivity contribution is -0.138. The molecule has 0 aliphatic heterocycles. The zero-order chi connectivity index (χ0) is 16.5. The number of carboxylic acid groups (broad SMARTS) is 1. The Hall–Kier alpha value is -2.08. The highest BCUT2D eigenvalue weighted by Crippen LogP contribution is 2.34. The number of hydrogen-bond acceptors (Lipinski definition) is 4. The van der Waals surface area contributed by atoms with Gasteiger partial charge in [0.15, 0.2) is 0 Å². The predicted octanol–water partition coefficient (Wildman–Crippen LogP) is 4.12. The molecule has 0 fully saturated rings. The topological polar surface area (TPSA) is 66.8 Å². The average Bonchev–Trinajstić information content (AvgIpc) is 2.81. The van der Waals surface area contributed by atoms with E-state index in [1.165, 1.54) is 23.2 Å². The molecule has 2 aromatic rings. The molecule has 0 spiro atoms. The van der Waals surface area contributed by atoms with Crippen LogP contribution in [0.4, 0.5) is 10.5 Å². The number of nitrogens with zero attached hydrogens (tertiary/aromatic N) is 1. The number of thiophene rings is 1. The molecule has 1 aromatic carbocycles. The van der Waals surface area contributed by atoms with Crippen molar-refractivity contribution in [3.05, 3.63) is 29.6 Å². The van der Waals surface area contributed by atoms with E-state index < -0.39 is 23.7 Å². The van der Waals surface area contributed by atoms with Crippen molar-refractivity contribution in [1.29, 1.82) is 0 Å². The fraction of sp³-hybridized carbons (Fsp3) is 0.375. The molecule has 1 atom stereocenters. The average molecular weight is 321 g/mol. The summed E-state index contributed by atoms with van der Waals surface area (Å²) in [5, 5.41) is 11.9. The van der Waals surface area contributed by atoms with Crippen molar-refractivity contribution in [2.24, 2.45) is 0 Å². The predicted molar refractivity (Wildman–Crippen MR) is 87.6 cm³/mol. The van der Waals surface area contributed by atoms with E-state index in [-0.39, 0.29) is 0 Å². The number of rotatable bonds is 3. The second-order valence-electron chi connectivity index (χ2n) is 5.98. The number of carbonyl (C=O) groups excluding carboxylic acids is 1. The summed E-state index contributed by atoms with van der Waals surface area (Å²) in [6, 6.07) is 6.54. The van der Waals surface area contributed by atoms with Crippen LogP contribution in [-0.4, -0.2) is 28.8 Å². The molecule has 1 amide bonds. The first-order valence-electron chi connectivity index (χ1n) is 6.92. The van der Waals surface area contributed by atoms with Crippen molar-refractivity contribution in [2.75, 3.05) is 4.90 Å². The number of carboxylic acids is 1. The number of carbonyl (C=O) groups is 2. The standard InChI is InChI=1S/C16H19NO4S/c1-10(14(18)19)17(15(20)21-16(2,3)4)12-9-22-13-8-6-5-7-11(12)13/h5-10H,1-4H3,(H,18,19). The summed E-state index contributed by atoms with van der Waals surface area (Å²) < 4.78 is 6.36. The van der Waals surface area contributed by atoms with E-state index in [1.807, 2.05) is 24.3 Å². The summed E-state index contributed by atoms with van der Waals surface area (Å²) in [6.07, 6.45) is -0.661. The smallest absolute Gasteiger partial charge is 0.415 e. The summed E-state index contributed by atoms with van der Waals surface area (Å²) in [6.45, 7) is 6.72. The molecule has 0 saturated heterocycles. The zero-order valence-electron chi connectivity index (χ0n) is 13.0. The van der Waals surface area contributed by atoms with Gasteiger partial charge in [-0.1, -0.05) is 18.2 Å². The minimum absolute atomic E-state index is 0.560. The molecule has 2 rings (SSSR count). The van der Waals surface area contributed by atoms with Gasteiger partial charge >= 0.3 is 12.1 Å². The van der Waals surface area contributed by atoms with Crippen LogP contribution in [0.1, 0.15) is 27.7 Å². The molecule has 1 unspecified atom stereocenters. The fourth-order valence-corrected chi connectivity index (χ4v) is 2.97. The van der Waals surface area contributed by atoms with Crippen LogP contribution in [0, 0.1) is 0 Å². The van der Waals surface area contributed by atoms with E-state index in [2.05, 4.69) is 0 Å². The molecule has 0 bridgehead atoms. The Morgan fingerprint density at radius 2 is 1.91 bits per heavy atom. The van der Waals surface area contributed by atoms with Crippen LogP contribution in [0.25, 0.3) is 10.1 Å². The van der Waals surface area contributed by atoms with Crippen LogP contribution >= 0.6 is 11.3 Å². The number of anilines is 1. The summed E-state index contributed by atoms with van der Waals surface area (Å²) in [5.74, 6) is -1.08. The van der Waals surface area contributed by atoms with E-state index in [0.717, 1.165) is 10.1 Å². The first-order chi connectivity index (χ1) is 10.2. The summed E-state index contributed by atoms with van der Waals surface area (Å²) in [5.41, 5.74) is -0.135. The van der Waals surface area contributed by atoms with Crippen LogP contribution in [0.15, 0.2) is 29.6 Å². The van der Waals surface area contributed by atoms with Crippen molar-refractivity contribution < 1.29 is 19.4 Å². The highest BCUT2D eigenvalue weighted by atomic mass is 32.1. The second-order valence-corrected chi connectivity index (χ2v) is 6.89. The van der Waals surface area contributed by atoms with E-state index >= 15 is 0 Å². The van der Waals surface area contributed by atoms with Crippen LogP contribution < -0.4 is 4.90 Å². The molecule has 22 heavy (non-hydrogen) atoms.